The molecule has 0 amide bonds. The molecule has 2 rings (SSSR count). The van der Waals surface area contributed by atoms with Gasteiger partial charge in [-0.05, 0) is 33.9 Å². The molecule has 2 fully saturated rings. The molecule has 2 aliphatic rings. The molecule has 2 N–H and O–H groups in total. The molecule has 2 saturated heterocycles. The summed E-state index contributed by atoms with van der Waals surface area (Å²) in [5.41, 5.74) is -0.0422. The molecule has 0 aromatic carbocycles. The first-order valence-electron chi connectivity index (χ1n) is 8.00. The van der Waals surface area contributed by atoms with Gasteiger partial charge in [0, 0.05) is 52.4 Å². The van der Waals surface area contributed by atoms with Crippen molar-refractivity contribution in [3.8, 4) is 0 Å². The minimum atomic E-state index is -0.0422. The van der Waals surface area contributed by atoms with E-state index in [0.29, 0.717) is 6.04 Å². The summed E-state index contributed by atoms with van der Waals surface area (Å²) in [6.45, 7) is 8.15. The molecule has 2 aliphatic heterocycles. The number of hydrogen-bond donors (Lipinski definition) is 2. The normalized spacial score (nSPS) is 32.4. The first-order valence-corrected chi connectivity index (χ1v) is 8.00. The zero-order chi connectivity index (χ0) is 15.3. The molecule has 0 aliphatic carbocycles. The Morgan fingerprint density at radius 3 is 2.81 bits per heavy atom. The number of guanidine groups is 1. The predicted molar refractivity (Wildman–Crippen MR) is 86.9 cm³/mol. The maximum Gasteiger partial charge on any atom is 0.191 e. The number of aliphatic imine (C=N–C) groups is 1. The van der Waals surface area contributed by atoms with Gasteiger partial charge in [-0.3, -0.25) is 9.89 Å². The van der Waals surface area contributed by atoms with Crippen LogP contribution in [0.15, 0.2) is 4.99 Å². The van der Waals surface area contributed by atoms with Gasteiger partial charge in [0.2, 0.25) is 0 Å². The second-order valence-corrected chi connectivity index (χ2v) is 6.61. The van der Waals surface area contributed by atoms with Gasteiger partial charge in [-0.15, -0.1) is 0 Å². The van der Waals surface area contributed by atoms with E-state index in [0.717, 1.165) is 58.1 Å². The van der Waals surface area contributed by atoms with Gasteiger partial charge >= 0.3 is 0 Å². The number of ether oxygens (including phenoxy) is 1. The zero-order valence-corrected chi connectivity index (χ0v) is 14.0. The third-order valence-corrected chi connectivity index (χ3v) is 4.64. The lowest BCUT2D eigenvalue weighted by Gasteiger charge is -2.38. The van der Waals surface area contributed by atoms with Crippen LogP contribution in [0.25, 0.3) is 0 Å². The van der Waals surface area contributed by atoms with Gasteiger partial charge in [0.25, 0.3) is 0 Å². The van der Waals surface area contributed by atoms with Crippen molar-refractivity contribution < 1.29 is 4.74 Å². The number of nitrogens with zero attached hydrogens (tertiary/aromatic N) is 3. The Morgan fingerprint density at radius 1 is 1.33 bits per heavy atom. The molecule has 0 spiro atoms. The maximum atomic E-state index is 5.80. The van der Waals surface area contributed by atoms with E-state index in [-0.39, 0.29) is 5.60 Å². The first kappa shape index (κ1) is 16.5. The molecule has 6 nitrogen and oxygen atoms in total. The van der Waals surface area contributed by atoms with Crippen LogP contribution in [0, 0.1) is 0 Å². The van der Waals surface area contributed by atoms with E-state index in [9.17, 15) is 0 Å². The van der Waals surface area contributed by atoms with E-state index in [2.05, 4.69) is 46.4 Å². The molecule has 0 aromatic heterocycles. The number of nitrogens with one attached hydrogen (secondary N) is 2. The summed E-state index contributed by atoms with van der Waals surface area (Å²) >= 11 is 0. The largest absolute Gasteiger partial charge is 0.373 e. The number of piperazine rings is 1. The first-order chi connectivity index (χ1) is 10.0. The molecular formula is C15H31N5O. The molecule has 122 valence electrons. The van der Waals surface area contributed by atoms with Gasteiger partial charge in [0.1, 0.15) is 0 Å². The second-order valence-electron chi connectivity index (χ2n) is 6.61. The lowest BCUT2D eigenvalue weighted by Crippen LogP contribution is -2.56. The molecule has 21 heavy (non-hydrogen) atoms. The lowest BCUT2D eigenvalue weighted by molar-refractivity contribution is 0.0242. The standard InChI is InChI=1S/C15H31N5O/c1-15(6-5-9-21-15)12-18-14(16-2)17-10-13-11-19(3)7-8-20(13)4/h13H,5-12H2,1-4H3,(H2,16,17,18). The van der Waals surface area contributed by atoms with Crippen molar-refractivity contribution in [1.29, 1.82) is 0 Å². The average molecular weight is 297 g/mol. The van der Waals surface area contributed by atoms with Crippen molar-refractivity contribution >= 4 is 5.96 Å². The predicted octanol–water partition coefficient (Wildman–Crippen LogP) is -0.0337. The summed E-state index contributed by atoms with van der Waals surface area (Å²) in [6, 6.07) is 0.528. The molecule has 2 unspecified atom stereocenters. The molecule has 0 bridgehead atoms. The molecule has 2 heterocycles. The Balaban J connectivity index is 1.74. The van der Waals surface area contributed by atoms with Crippen molar-refractivity contribution in [2.24, 2.45) is 4.99 Å². The van der Waals surface area contributed by atoms with E-state index in [1.807, 2.05) is 7.05 Å². The quantitative estimate of drug-likeness (QED) is 0.564. The Kier molecular flexibility index (Phi) is 5.84. The molecule has 0 saturated carbocycles. The van der Waals surface area contributed by atoms with E-state index < -0.39 is 0 Å². The van der Waals surface area contributed by atoms with Gasteiger partial charge in [0.05, 0.1) is 5.60 Å². The molecule has 2 atom stereocenters. The van der Waals surface area contributed by atoms with E-state index >= 15 is 0 Å². The highest BCUT2D eigenvalue weighted by Gasteiger charge is 2.30. The Labute approximate surface area is 128 Å². The Hall–Kier alpha value is -0.850. The summed E-state index contributed by atoms with van der Waals surface area (Å²) in [4.78, 5) is 9.12. The smallest absolute Gasteiger partial charge is 0.191 e. The van der Waals surface area contributed by atoms with Crippen LogP contribution in [-0.4, -0.2) is 87.9 Å². The van der Waals surface area contributed by atoms with Gasteiger partial charge in [-0.25, -0.2) is 0 Å². The van der Waals surface area contributed by atoms with Crippen LogP contribution < -0.4 is 10.6 Å². The highest BCUT2D eigenvalue weighted by molar-refractivity contribution is 5.79. The molecular weight excluding hydrogens is 266 g/mol. The average Bonchev–Trinajstić information content (AvgIpc) is 2.90. The Bertz CT molecular complexity index is 354. The van der Waals surface area contributed by atoms with Crippen LogP contribution in [0.4, 0.5) is 0 Å². The van der Waals surface area contributed by atoms with Crippen molar-refractivity contribution in [2.75, 3.05) is 60.5 Å². The topological polar surface area (TPSA) is 52.1 Å². The maximum absolute atomic E-state index is 5.80. The fraction of sp³-hybridized carbons (Fsp3) is 0.933. The van der Waals surface area contributed by atoms with Gasteiger partial charge < -0.3 is 20.3 Å². The third-order valence-electron chi connectivity index (χ3n) is 4.64. The van der Waals surface area contributed by atoms with Crippen LogP contribution in [0.2, 0.25) is 0 Å². The van der Waals surface area contributed by atoms with Crippen molar-refractivity contribution in [3.63, 3.8) is 0 Å². The highest BCUT2D eigenvalue weighted by atomic mass is 16.5. The fourth-order valence-corrected chi connectivity index (χ4v) is 3.00. The van der Waals surface area contributed by atoms with Crippen molar-refractivity contribution in [1.82, 2.24) is 20.4 Å². The van der Waals surface area contributed by atoms with Crippen molar-refractivity contribution in [2.45, 2.75) is 31.4 Å². The summed E-state index contributed by atoms with van der Waals surface area (Å²) in [6.07, 6.45) is 2.27. The second kappa shape index (κ2) is 7.42. The Morgan fingerprint density at radius 2 is 2.14 bits per heavy atom. The van der Waals surface area contributed by atoms with Crippen LogP contribution in [0.5, 0.6) is 0 Å². The molecule has 0 radical (unpaired) electrons. The van der Waals surface area contributed by atoms with Gasteiger partial charge in [0.15, 0.2) is 5.96 Å². The number of hydrogen-bond acceptors (Lipinski definition) is 4. The number of likely N-dealkylation sites (N-methyl/N-ethyl adjacent to an activating group) is 2. The lowest BCUT2D eigenvalue weighted by atomic mass is 10.0. The van der Waals surface area contributed by atoms with E-state index in [1.54, 1.807) is 0 Å². The van der Waals surface area contributed by atoms with Crippen LogP contribution in [0.1, 0.15) is 19.8 Å². The SMILES string of the molecule is CN=C(NCC1CN(C)CCN1C)NCC1(C)CCCO1. The summed E-state index contributed by atoms with van der Waals surface area (Å²) in [7, 11) is 6.21. The van der Waals surface area contributed by atoms with E-state index in [4.69, 9.17) is 4.74 Å². The molecule has 0 aromatic rings. The third kappa shape index (κ3) is 4.83. The minimum absolute atomic E-state index is 0.0422. The monoisotopic (exact) mass is 297 g/mol. The van der Waals surface area contributed by atoms with Crippen LogP contribution in [0.3, 0.4) is 0 Å². The van der Waals surface area contributed by atoms with Gasteiger partial charge in [-0.2, -0.15) is 0 Å². The number of rotatable bonds is 4. The summed E-state index contributed by atoms with van der Waals surface area (Å²) in [5, 5.41) is 6.85. The summed E-state index contributed by atoms with van der Waals surface area (Å²) < 4.78 is 5.80. The van der Waals surface area contributed by atoms with Crippen LogP contribution in [-0.2, 0) is 4.74 Å². The van der Waals surface area contributed by atoms with E-state index in [1.165, 1.54) is 0 Å². The highest BCUT2D eigenvalue weighted by Crippen LogP contribution is 2.23. The zero-order valence-electron chi connectivity index (χ0n) is 14.0. The summed E-state index contributed by atoms with van der Waals surface area (Å²) in [5.74, 6) is 0.869. The van der Waals surface area contributed by atoms with Crippen LogP contribution >= 0.6 is 0 Å². The van der Waals surface area contributed by atoms with Crippen molar-refractivity contribution in [3.05, 3.63) is 0 Å². The molecule has 6 heteroatoms. The fourth-order valence-electron chi connectivity index (χ4n) is 3.00. The van der Waals surface area contributed by atoms with Gasteiger partial charge in [-0.1, -0.05) is 0 Å². The minimum Gasteiger partial charge on any atom is -0.373 e.